The quantitative estimate of drug-likeness (QED) is 0.276. The molecular formula is C14H19N3O8S. The first-order chi connectivity index (χ1) is 12.1. The fourth-order valence-corrected chi connectivity index (χ4v) is 3.23. The number of carbonyl (C=O) groups is 2. The molecule has 11 nitrogen and oxygen atoms in total. The number of unbranched alkanes of at least 4 members (excludes halogenated alkanes) is 1. The minimum atomic E-state index is -4.42. The summed E-state index contributed by atoms with van der Waals surface area (Å²) >= 11 is 0. The predicted molar refractivity (Wildman–Crippen MR) is 89.1 cm³/mol. The van der Waals surface area contributed by atoms with Crippen LogP contribution in [0, 0.1) is 10.1 Å². The number of nitro benzene ring substituents is 1. The maximum absolute atomic E-state index is 12.5. The number of rotatable bonds is 11. The zero-order valence-electron chi connectivity index (χ0n) is 13.9. The first-order valence-electron chi connectivity index (χ1n) is 7.53. The Balaban J connectivity index is 3.25. The molecule has 0 fully saturated rings. The number of hydrogen-bond acceptors (Lipinski definition) is 7. The fraction of sp³-hybridized carbons (Fsp3) is 0.429. The van der Waals surface area contributed by atoms with Crippen LogP contribution in [0.25, 0.3) is 0 Å². The molecule has 0 heterocycles. The number of carbonyl (C=O) groups excluding carboxylic acids is 1. The van der Waals surface area contributed by atoms with Gasteiger partial charge in [0.1, 0.15) is 16.7 Å². The molecule has 12 heteroatoms. The third-order valence-electron chi connectivity index (χ3n) is 3.20. The van der Waals surface area contributed by atoms with Crippen molar-refractivity contribution >= 4 is 27.6 Å². The first-order valence-corrected chi connectivity index (χ1v) is 9.01. The van der Waals surface area contributed by atoms with Crippen LogP contribution in [-0.2, 0) is 19.6 Å². The molecule has 0 aliphatic heterocycles. The predicted octanol–water partition coefficient (Wildman–Crippen LogP) is 0.381. The molecule has 0 radical (unpaired) electrons. The van der Waals surface area contributed by atoms with Gasteiger partial charge >= 0.3 is 5.97 Å². The summed E-state index contributed by atoms with van der Waals surface area (Å²) in [7, 11) is -4.42. The van der Waals surface area contributed by atoms with Crippen molar-refractivity contribution in [3.63, 3.8) is 0 Å². The van der Waals surface area contributed by atoms with Crippen LogP contribution in [0.4, 0.5) is 5.69 Å². The van der Waals surface area contributed by atoms with Gasteiger partial charge < -0.3 is 15.6 Å². The number of benzene rings is 1. The molecule has 0 bridgehead atoms. The van der Waals surface area contributed by atoms with Gasteiger partial charge in [0.05, 0.1) is 24.0 Å². The molecule has 4 N–H and O–H groups in total. The normalized spacial score (nSPS) is 12.3. The molecule has 0 spiro atoms. The van der Waals surface area contributed by atoms with E-state index in [1.165, 1.54) is 0 Å². The molecule has 0 saturated heterocycles. The highest BCUT2D eigenvalue weighted by atomic mass is 32.2. The average Bonchev–Trinajstić information content (AvgIpc) is 2.53. The molecule has 1 amide bonds. The Morgan fingerprint density at radius 1 is 1.42 bits per heavy atom. The summed E-state index contributed by atoms with van der Waals surface area (Å²) in [6.07, 6.45) is 0.476. The summed E-state index contributed by atoms with van der Waals surface area (Å²) in [4.78, 5) is 31.8. The molecular weight excluding hydrogens is 370 g/mol. The van der Waals surface area contributed by atoms with E-state index in [1.54, 1.807) is 0 Å². The van der Waals surface area contributed by atoms with E-state index in [1.807, 2.05) is 11.6 Å². The number of sulfonamides is 1. The fourth-order valence-electron chi connectivity index (χ4n) is 1.90. The number of carboxylic acids is 1. The van der Waals surface area contributed by atoms with Gasteiger partial charge in [-0.2, -0.15) is 4.72 Å². The van der Waals surface area contributed by atoms with Crippen molar-refractivity contribution in [2.75, 3.05) is 6.61 Å². The summed E-state index contributed by atoms with van der Waals surface area (Å²) in [5.41, 5.74) is 4.64. The zero-order valence-corrected chi connectivity index (χ0v) is 14.7. The Labute approximate surface area is 149 Å². The van der Waals surface area contributed by atoms with E-state index in [0.29, 0.717) is 6.42 Å². The van der Waals surface area contributed by atoms with Crippen molar-refractivity contribution < 1.29 is 32.8 Å². The van der Waals surface area contributed by atoms with Crippen LogP contribution < -0.4 is 15.2 Å². The number of hydrogen-bond donors (Lipinski definition) is 3. The monoisotopic (exact) mass is 389 g/mol. The van der Waals surface area contributed by atoms with E-state index in [2.05, 4.69) is 0 Å². The molecule has 1 rings (SSSR count). The second kappa shape index (κ2) is 9.10. The maximum atomic E-state index is 12.5. The van der Waals surface area contributed by atoms with Gasteiger partial charge in [-0.3, -0.25) is 19.7 Å². The van der Waals surface area contributed by atoms with E-state index in [0.717, 1.165) is 24.6 Å². The molecule has 0 aromatic heterocycles. The summed E-state index contributed by atoms with van der Waals surface area (Å²) in [6.45, 7) is 1.99. The number of nitrogens with two attached hydrogens (primary N) is 1. The lowest BCUT2D eigenvalue weighted by molar-refractivity contribution is -0.385. The van der Waals surface area contributed by atoms with Gasteiger partial charge in [0.25, 0.3) is 5.69 Å². The van der Waals surface area contributed by atoms with Gasteiger partial charge in [0.15, 0.2) is 0 Å². The van der Waals surface area contributed by atoms with E-state index < -0.39 is 44.2 Å². The van der Waals surface area contributed by atoms with Crippen molar-refractivity contribution in [2.24, 2.45) is 5.73 Å². The lowest BCUT2D eigenvalue weighted by atomic mass is 10.2. The third-order valence-corrected chi connectivity index (χ3v) is 4.71. The number of primary amides is 1. The van der Waals surface area contributed by atoms with Gasteiger partial charge in [-0.1, -0.05) is 13.3 Å². The molecule has 144 valence electrons. The smallest absolute Gasteiger partial charge is 0.305 e. The molecule has 0 aliphatic rings. The Morgan fingerprint density at radius 2 is 2.08 bits per heavy atom. The van der Waals surface area contributed by atoms with Crippen LogP contribution in [-0.4, -0.2) is 43.0 Å². The summed E-state index contributed by atoms with van der Waals surface area (Å²) in [6, 6.07) is 1.16. The van der Waals surface area contributed by atoms with Crippen molar-refractivity contribution in [3.8, 4) is 5.75 Å². The number of non-ortho nitro benzene ring substituents is 1. The van der Waals surface area contributed by atoms with Crippen LogP contribution in [0.5, 0.6) is 5.75 Å². The van der Waals surface area contributed by atoms with Gasteiger partial charge in [0.2, 0.25) is 15.9 Å². The Morgan fingerprint density at radius 3 is 2.58 bits per heavy atom. The lowest BCUT2D eigenvalue weighted by Gasteiger charge is -2.16. The summed E-state index contributed by atoms with van der Waals surface area (Å²) in [5.74, 6) is -2.88. The lowest BCUT2D eigenvalue weighted by Crippen LogP contribution is -2.45. The highest BCUT2D eigenvalue weighted by molar-refractivity contribution is 7.89. The number of nitro groups is 1. The molecule has 0 unspecified atom stereocenters. The van der Waals surface area contributed by atoms with Crippen LogP contribution >= 0.6 is 0 Å². The first kappa shape index (κ1) is 21.3. The average molecular weight is 389 g/mol. The minimum Gasteiger partial charge on any atom is -0.492 e. The van der Waals surface area contributed by atoms with Crippen LogP contribution in [0.2, 0.25) is 0 Å². The van der Waals surface area contributed by atoms with Crippen molar-refractivity contribution in [3.05, 3.63) is 28.3 Å². The molecule has 1 aromatic carbocycles. The van der Waals surface area contributed by atoms with Crippen molar-refractivity contribution in [1.29, 1.82) is 0 Å². The van der Waals surface area contributed by atoms with Crippen LogP contribution in [0.3, 0.4) is 0 Å². The van der Waals surface area contributed by atoms with Gasteiger partial charge in [-0.05, 0) is 12.5 Å². The van der Waals surface area contributed by atoms with E-state index in [-0.39, 0.29) is 18.0 Å². The molecule has 0 aliphatic carbocycles. The highest BCUT2D eigenvalue weighted by Crippen LogP contribution is 2.29. The summed E-state index contributed by atoms with van der Waals surface area (Å²) in [5, 5.41) is 19.6. The molecule has 0 saturated carbocycles. The number of amides is 1. The second-order valence-corrected chi connectivity index (χ2v) is 6.95. The van der Waals surface area contributed by atoms with Crippen molar-refractivity contribution in [1.82, 2.24) is 4.72 Å². The van der Waals surface area contributed by atoms with E-state index in [4.69, 9.17) is 15.6 Å². The van der Waals surface area contributed by atoms with Crippen LogP contribution in [0.1, 0.15) is 26.2 Å². The number of ether oxygens (including phenoxy) is 1. The van der Waals surface area contributed by atoms with Crippen molar-refractivity contribution in [2.45, 2.75) is 37.1 Å². The second-order valence-electron chi connectivity index (χ2n) is 5.26. The number of nitrogens with one attached hydrogen (secondary N) is 1. The Hall–Kier alpha value is -2.73. The third kappa shape index (κ3) is 5.97. The Kier molecular flexibility index (Phi) is 7.46. The summed E-state index contributed by atoms with van der Waals surface area (Å²) < 4.78 is 32.2. The SMILES string of the molecule is CCCCOc1cc([N+](=O)[O-])ccc1S(=O)(=O)N[C@@H](CC(=O)O)C(N)=O. The van der Waals surface area contributed by atoms with E-state index in [9.17, 15) is 28.1 Å². The zero-order chi connectivity index (χ0) is 19.9. The van der Waals surface area contributed by atoms with Gasteiger partial charge in [-0.25, -0.2) is 8.42 Å². The standard InChI is InChI=1S/C14H19N3O8S/c1-2-3-6-25-11-7-9(17(21)22)4-5-12(11)26(23,24)16-10(14(15)20)8-13(18)19/h4-5,7,10,16H,2-3,6,8H2,1H3,(H2,15,20)(H,18,19)/t10-/m0/s1. The van der Waals surface area contributed by atoms with Gasteiger partial charge in [-0.15, -0.1) is 0 Å². The molecule has 26 heavy (non-hydrogen) atoms. The Bertz CT molecular complexity index is 793. The maximum Gasteiger partial charge on any atom is 0.305 e. The minimum absolute atomic E-state index is 0.120. The molecule has 1 atom stereocenters. The number of nitrogens with zero attached hydrogens (tertiary/aromatic N) is 1. The number of carboxylic acid groups (broad SMARTS) is 1. The van der Waals surface area contributed by atoms with Gasteiger partial charge in [0, 0.05) is 6.07 Å². The molecule has 1 aromatic rings. The van der Waals surface area contributed by atoms with Crippen LogP contribution in [0.15, 0.2) is 23.1 Å². The largest absolute Gasteiger partial charge is 0.492 e. The highest BCUT2D eigenvalue weighted by Gasteiger charge is 2.29. The number of aliphatic carboxylic acids is 1. The van der Waals surface area contributed by atoms with E-state index >= 15 is 0 Å². The topological polar surface area (TPSA) is 179 Å².